The van der Waals surface area contributed by atoms with Crippen LogP contribution >= 0.6 is 11.6 Å². The molecular formula is C12H15ClN4O. The number of hydrogen-bond donors (Lipinski definition) is 2. The summed E-state index contributed by atoms with van der Waals surface area (Å²) in [6, 6.07) is 3.36. The van der Waals surface area contributed by atoms with Crippen molar-refractivity contribution in [3.05, 3.63) is 22.7 Å². The molecule has 0 aromatic heterocycles. The summed E-state index contributed by atoms with van der Waals surface area (Å²) in [7, 11) is 1.78. The number of nitrogens with zero attached hydrogens (tertiary/aromatic N) is 2. The molecule has 1 saturated heterocycles. The molecule has 2 rings (SSSR count). The first-order chi connectivity index (χ1) is 8.52. The highest BCUT2D eigenvalue weighted by atomic mass is 35.5. The van der Waals surface area contributed by atoms with Crippen molar-refractivity contribution in [2.45, 2.75) is 0 Å². The van der Waals surface area contributed by atoms with Crippen LogP contribution in [-0.2, 0) is 4.79 Å². The summed E-state index contributed by atoms with van der Waals surface area (Å²) >= 11 is 5.99. The zero-order valence-corrected chi connectivity index (χ0v) is 10.9. The predicted molar refractivity (Wildman–Crippen MR) is 73.6 cm³/mol. The van der Waals surface area contributed by atoms with E-state index >= 15 is 0 Å². The van der Waals surface area contributed by atoms with Gasteiger partial charge >= 0.3 is 0 Å². The molecule has 1 aromatic carbocycles. The molecule has 0 saturated carbocycles. The highest BCUT2D eigenvalue weighted by Gasteiger charge is 2.23. The zero-order chi connectivity index (χ0) is 13.3. The number of carbonyl (C=O) groups excluding carboxylic acids is 1. The molecule has 1 aliphatic heterocycles. The number of carbonyl (C=O) groups is 1. The third-order valence-corrected chi connectivity index (χ3v) is 3.32. The first kappa shape index (κ1) is 12.7. The Bertz CT molecular complexity index is 503. The van der Waals surface area contributed by atoms with Crippen molar-refractivity contribution < 1.29 is 4.79 Å². The average molecular weight is 267 g/mol. The first-order valence-corrected chi connectivity index (χ1v) is 5.99. The third kappa shape index (κ3) is 2.26. The van der Waals surface area contributed by atoms with Gasteiger partial charge in [0.2, 0.25) is 5.91 Å². The largest absolute Gasteiger partial charge is 0.398 e. The number of nitrogen functional groups attached to an aromatic ring is 1. The molecule has 0 aliphatic carbocycles. The lowest BCUT2D eigenvalue weighted by Crippen LogP contribution is -2.48. The van der Waals surface area contributed by atoms with Gasteiger partial charge < -0.3 is 20.9 Å². The highest BCUT2D eigenvalue weighted by molar-refractivity contribution is 6.31. The Morgan fingerprint density at radius 2 is 2.17 bits per heavy atom. The number of piperazine rings is 1. The second kappa shape index (κ2) is 4.86. The molecule has 96 valence electrons. The summed E-state index contributed by atoms with van der Waals surface area (Å²) < 4.78 is 0. The molecule has 1 aromatic rings. The number of likely N-dealkylation sites (N-methyl/N-ethyl adjacent to an activating group) is 1. The molecule has 1 amide bonds. The van der Waals surface area contributed by atoms with Crippen LogP contribution in [0.15, 0.2) is 12.1 Å². The summed E-state index contributed by atoms with van der Waals surface area (Å²) in [5, 5.41) is 7.95. The molecule has 0 bridgehead atoms. The van der Waals surface area contributed by atoms with Gasteiger partial charge in [0.05, 0.1) is 6.54 Å². The maximum atomic E-state index is 11.7. The van der Waals surface area contributed by atoms with Gasteiger partial charge in [-0.1, -0.05) is 11.6 Å². The zero-order valence-electron chi connectivity index (χ0n) is 10.1. The van der Waals surface area contributed by atoms with Crippen molar-refractivity contribution >= 4 is 35.1 Å². The van der Waals surface area contributed by atoms with Crippen LogP contribution in [0, 0.1) is 5.41 Å². The predicted octanol–water partition coefficient (Wildman–Crippen LogP) is 1.20. The van der Waals surface area contributed by atoms with Gasteiger partial charge in [0.15, 0.2) is 0 Å². The van der Waals surface area contributed by atoms with E-state index in [0.29, 0.717) is 29.4 Å². The van der Waals surface area contributed by atoms with E-state index in [1.54, 1.807) is 24.1 Å². The standard InChI is InChI=1S/C12H15ClN4O/c1-16-2-3-17(7-12(16)18)11-5-8(13)4-10(15)9(11)6-14/h4-6,14H,2-3,7,15H2,1H3. The van der Waals surface area contributed by atoms with Gasteiger partial charge in [-0.15, -0.1) is 0 Å². The van der Waals surface area contributed by atoms with Gasteiger partial charge in [0.1, 0.15) is 0 Å². The summed E-state index contributed by atoms with van der Waals surface area (Å²) in [4.78, 5) is 15.3. The smallest absolute Gasteiger partial charge is 0.241 e. The van der Waals surface area contributed by atoms with Crippen LogP contribution < -0.4 is 10.6 Å². The molecule has 1 fully saturated rings. The van der Waals surface area contributed by atoms with Crippen LogP contribution in [0.1, 0.15) is 5.56 Å². The Morgan fingerprint density at radius 3 is 2.78 bits per heavy atom. The van der Waals surface area contributed by atoms with Crippen LogP contribution in [0.5, 0.6) is 0 Å². The SMILES string of the molecule is CN1CCN(c2cc(Cl)cc(N)c2C=N)CC1=O. The summed E-state index contributed by atoms with van der Waals surface area (Å²) in [6.07, 6.45) is 1.20. The van der Waals surface area contributed by atoms with E-state index in [0.717, 1.165) is 5.69 Å². The number of amides is 1. The number of hydrogen-bond acceptors (Lipinski definition) is 4. The molecule has 18 heavy (non-hydrogen) atoms. The second-order valence-electron chi connectivity index (χ2n) is 4.31. The van der Waals surface area contributed by atoms with Crippen molar-refractivity contribution in [3.63, 3.8) is 0 Å². The third-order valence-electron chi connectivity index (χ3n) is 3.10. The Kier molecular flexibility index (Phi) is 3.43. The van der Waals surface area contributed by atoms with Crippen molar-refractivity contribution in [1.29, 1.82) is 5.41 Å². The van der Waals surface area contributed by atoms with E-state index in [4.69, 9.17) is 22.7 Å². The monoisotopic (exact) mass is 266 g/mol. The molecular weight excluding hydrogens is 252 g/mol. The number of anilines is 2. The maximum absolute atomic E-state index is 11.7. The van der Waals surface area contributed by atoms with Crippen molar-refractivity contribution in [2.24, 2.45) is 0 Å². The number of halogens is 1. The number of nitrogens with one attached hydrogen (secondary N) is 1. The molecule has 0 radical (unpaired) electrons. The maximum Gasteiger partial charge on any atom is 0.241 e. The van der Waals surface area contributed by atoms with E-state index in [1.165, 1.54) is 6.21 Å². The number of rotatable bonds is 2. The fourth-order valence-electron chi connectivity index (χ4n) is 2.01. The van der Waals surface area contributed by atoms with Crippen molar-refractivity contribution in [2.75, 3.05) is 37.3 Å². The van der Waals surface area contributed by atoms with E-state index in [-0.39, 0.29) is 12.5 Å². The fraction of sp³-hybridized carbons (Fsp3) is 0.333. The molecule has 1 aliphatic rings. The molecule has 0 spiro atoms. The van der Waals surface area contributed by atoms with Gasteiger partial charge in [0.25, 0.3) is 0 Å². The van der Waals surface area contributed by atoms with Crippen LogP contribution in [0.4, 0.5) is 11.4 Å². The summed E-state index contributed by atoms with van der Waals surface area (Å²) in [5.41, 5.74) is 7.66. The van der Waals surface area contributed by atoms with Crippen LogP contribution in [0.3, 0.4) is 0 Å². The van der Waals surface area contributed by atoms with E-state index < -0.39 is 0 Å². The highest BCUT2D eigenvalue weighted by Crippen LogP contribution is 2.29. The van der Waals surface area contributed by atoms with Gasteiger partial charge in [0, 0.05) is 48.3 Å². The van der Waals surface area contributed by atoms with Gasteiger partial charge in [-0.25, -0.2) is 0 Å². The Hall–Kier alpha value is -1.75. The number of benzene rings is 1. The van der Waals surface area contributed by atoms with Gasteiger partial charge in [-0.3, -0.25) is 4.79 Å². The molecule has 0 atom stereocenters. The van der Waals surface area contributed by atoms with Crippen LogP contribution in [0.2, 0.25) is 5.02 Å². The molecule has 5 nitrogen and oxygen atoms in total. The minimum atomic E-state index is 0.0516. The molecule has 6 heteroatoms. The topological polar surface area (TPSA) is 73.4 Å². The summed E-state index contributed by atoms with van der Waals surface area (Å²) in [5.74, 6) is 0.0516. The summed E-state index contributed by atoms with van der Waals surface area (Å²) in [6.45, 7) is 1.66. The fourth-order valence-corrected chi connectivity index (χ4v) is 2.23. The van der Waals surface area contributed by atoms with Crippen LogP contribution in [0.25, 0.3) is 0 Å². The minimum Gasteiger partial charge on any atom is -0.398 e. The van der Waals surface area contributed by atoms with E-state index in [9.17, 15) is 4.79 Å². The quantitative estimate of drug-likeness (QED) is 0.624. The number of nitrogens with two attached hydrogens (primary N) is 1. The Morgan fingerprint density at radius 1 is 1.44 bits per heavy atom. The molecule has 3 N–H and O–H groups in total. The lowest BCUT2D eigenvalue weighted by Gasteiger charge is -2.34. The normalized spacial score (nSPS) is 16.0. The lowest BCUT2D eigenvalue weighted by molar-refractivity contribution is -0.129. The van der Waals surface area contributed by atoms with E-state index in [2.05, 4.69) is 0 Å². The molecule has 1 heterocycles. The van der Waals surface area contributed by atoms with Crippen molar-refractivity contribution in [1.82, 2.24) is 4.90 Å². The average Bonchev–Trinajstić information content (AvgIpc) is 2.32. The van der Waals surface area contributed by atoms with Crippen molar-refractivity contribution in [3.8, 4) is 0 Å². The van der Waals surface area contributed by atoms with Gasteiger partial charge in [-0.2, -0.15) is 0 Å². The van der Waals surface area contributed by atoms with E-state index in [1.807, 2.05) is 4.90 Å². The Labute approximate surface area is 111 Å². The second-order valence-corrected chi connectivity index (χ2v) is 4.75. The van der Waals surface area contributed by atoms with Crippen LogP contribution in [-0.4, -0.2) is 43.7 Å². The molecule has 0 unspecified atom stereocenters. The lowest BCUT2D eigenvalue weighted by atomic mass is 10.1. The Balaban J connectivity index is 2.38. The first-order valence-electron chi connectivity index (χ1n) is 5.61. The minimum absolute atomic E-state index is 0.0516. The van der Waals surface area contributed by atoms with Gasteiger partial charge in [-0.05, 0) is 12.1 Å².